The van der Waals surface area contributed by atoms with E-state index in [9.17, 15) is 4.79 Å². The first-order chi connectivity index (χ1) is 11.0. The summed E-state index contributed by atoms with van der Waals surface area (Å²) in [5, 5.41) is 12.0. The lowest BCUT2D eigenvalue weighted by Gasteiger charge is -2.05. The molecule has 0 radical (unpaired) electrons. The molecular formula is C16H12Cl2N4O. The highest BCUT2D eigenvalue weighted by molar-refractivity contribution is 6.30. The molecule has 1 amide bonds. The predicted molar refractivity (Wildman–Crippen MR) is 90.5 cm³/mol. The molecule has 0 fully saturated rings. The molecule has 116 valence electrons. The van der Waals surface area contributed by atoms with Gasteiger partial charge in [-0.15, -0.1) is 5.10 Å². The summed E-state index contributed by atoms with van der Waals surface area (Å²) < 4.78 is 1.59. The molecule has 0 aliphatic carbocycles. The van der Waals surface area contributed by atoms with Crippen LogP contribution < -0.4 is 5.32 Å². The third kappa shape index (κ3) is 3.36. The second kappa shape index (κ2) is 6.40. The van der Waals surface area contributed by atoms with Gasteiger partial charge in [-0.3, -0.25) is 4.79 Å². The Morgan fingerprint density at radius 1 is 1.00 bits per heavy atom. The quantitative estimate of drug-likeness (QED) is 0.775. The maximum Gasteiger partial charge on any atom is 0.278 e. The molecule has 7 heteroatoms. The highest BCUT2D eigenvalue weighted by atomic mass is 35.5. The lowest BCUT2D eigenvalue weighted by atomic mass is 10.2. The second-order valence-corrected chi connectivity index (χ2v) is 5.75. The fourth-order valence-electron chi connectivity index (χ4n) is 2.09. The monoisotopic (exact) mass is 346 g/mol. The van der Waals surface area contributed by atoms with E-state index in [4.69, 9.17) is 23.2 Å². The number of carbonyl (C=O) groups excluding carboxylic acids is 1. The molecule has 0 aliphatic rings. The molecule has 3 rings (SSSR count). The van der Waals surface area contributed by atoms with Crippen LogP contribution in [0.1, 0.15) is 16.2 Å². The smallest absolute Gasteiger partial charge is 0.278 e. The van der Waals surface area contributed by atoms with E-state index in [2.05, 4.69) is 15.6 Å². The topological polar surface area (TPSA) is 59.8 Å². The molecule has 1 heterocycles. The average Bonchev–Trinajstić information content (AvgIpc) is 2.92. The third-order valence-corrected chi connectivity index (χ3v) is 3.79. The number of anilines is 1. The van der Waals surface area contributed by atoms with Crippen LogP contribution in [-0.2, 0) is 0 Å². The van der Waals surface area contributed by atoms with Gasteiger partial charge in [0, 0.05) is 15.7 Å². The van der Waals surface area contributed by atoms with Gasteiger partial charge in [-0.1, -0.05) is 28.4 Å². The first-order valence-electron chi connectivity index (χ1n) is 6.80. The molecule has 0 saturated heterocycles. The zero-order valence-electron chi connectivity index (χ0n) is 12.1. The summed E-state index contributed by atoms with van der Waals surface area (Å²) >= 11 is 11.7. The van der Waals surface area contributed by atoms with Gasteiger partial charge in [0.05, 0.1) is 11.4 Å². The Labute approximate surface area is 142 Å². The van der Waals surface area contributed by atoms with Crippen molar-refractivity contribution in [1.82, 2.24) is 15.0 Å². The van der Waals surface area contributed by atoms with E-state index in [1.54, 1.807) is 48.0 Å². The minimum absolute atomic E-state index is 0.259. The van der Waals surface area contributed by atoms with Crippen LogP contribution >= 0.6 is 23.2 Å². The molecule has 0 aliphatic heterocycles. The van der Waals surface area contributed by atoms with E-state index in [1.165, 1.54) is 0 Å². The lowest BCUT2D eigenvalue weighted by molar-refractivity contribution is 0.102. The van der Waals surface area contributed by atoms with Crippen molar-refractivity contribution < 1.29 is 4.79 Å². The Balaban J connectivity index is 1.85. The zero-order valence-corrected chi connectivity index (χ0v) is 13.6. The van der Waals surface area contributed by atoms with Gasteiger partial charge in [0.1, 0.15) is 0 Å². The van der Waals surface area contributed by atoms with Crippen LogP contribution in [0.4, 0.5) is 5.69 Å². The largest absolute Gasteiger partial charge is 0.321 e. The molecule has 0 saturated carbocycles. The zero-order chi connectivity index (χ0) is 16.4. The van der Waals surface area contributed by atoms with Crippen LogP contribution in [0.2, 0.25) is 10.0 Å². The molecule has 5 nitrogen and oxygen atoms in total. The Bertz CT molecular complexity index is 842. The van der Waals surface area contributed by atoms with Gasteiger partial charge in [-0.05, 0) is 55.5 Å². The van der Waals surface area contributed by atoms with Crippen LogP contribution in [0.3, 0.4) is 0 Å². The SMILES string of the molecule is Cc1c(C(=O)Nc2ccc(Cl)cc2)nnn1-c1ccc(Cl)cc1. The maximum absolute atomic E-state index is 12.3. The number of hydrogen-bond acceptors (Lipinski definition) is 3. The van der Waals surface area contributed by atoms with Gasteiger partial charge in [-0.25, -0.2) is 4.68 Å². The van der Waals surface area contributed by atoms with Gasteiger partial charge in [0.15, 0.2) is 5.69 Å². The fraction of sp³-hybridized carbons (Fsp3) is 0.0625. The molecule has 2 aromatic carbocycles. The molecule has 3 aromatic rings. The molecule has 0 atom stereocenters. The van der Waals surface area contributed by atoms with Crippen LogP contribution in [0.5, 0.6) is 0 Å². The number of aromatic nitrogens is 3. The maximum atomic E-state index is 12.3. The van der Waals surface area contributed by atoms with Crippen molar-refractivity contribution in [3.05, 3.63) is 70.0 Å². The highest BCUT2D eigenvalue weighted by Crippen LogP contribution is 2.17. The van der Waals surface area contributed by atoms with Gasteiger partial charge in [0.25, 0.3) is 5.91 Å². The van der Waals surface area contributed by atoms with Gasteiger partial charge in [0.2, 0.25) is 0 Å². The number of rotatable bonds is 3. The Hall–Kier alpha value is -2.37. The van der Waals surface area contributed by atoms with E-state index >= 15 is 0 Å². The molecule has 0 spiro atoms. The summed E-state index contributed by atoms with van der Waals surface area (Å²) in [6, 6.07) is 14.0. The van der Waals surface area contributed by atoms with Crippen molar-refractivity contribution in [2.75, 3.05) is 5.32 Å². The average molecular weight is 347 g/mol. The van der Waals surface area contributed by atoms with Crippen molar-refractivity contribution in [3.8, 4) is 5.69 Å². The van der Waals surface area contributed by atoms with E-state index < -0.39 is 0 Å². The van der Waals surface area contributed by atoms with Crippen molar-refractivity contribution in [1.29, 1.82) is 0 Å². The molecular weight excluding hydrogens is 335 g/mol. The van der Waals surface area contributed by atoms with E-state index in [0.717, 1.165) is 5.69 Å². The Kier molecular flexibility index (Phi) is 4.32. The number of hydrogen-bond donors (Lipinski definition) is 1. The molecule has 23 heavy (non-hydrogen) atoms. The standard InChI is InChI=1S/C16H12Cl2N4O/c1-10-15(16(23)19-13-6-2-11(17)3-7-13)20-21-22(10)14-8-4-12(18)5-9-14/h2-9H,1H3,(H,19,23). The van der Waals surface area contributed by atoms with Crippen molar-refractivity contribution in [2.24, 2.45) is 0 Å². The number of amides is 1. The fourth-order valence-corrected chi connectivity index (χ4v) is 2.34. The summed E-state index contributed by atoms with van der Waals surface area (Å²) in [5.74, 6) is -0.329. The summed E-state index contributed by atoms with van der Waals surface area (Å²) in [7, 11) is 0. The predicted octanol–water partition coefficient (Wildman–Crippen LogP) is 4.13. The van der Waals surface area contributed by atoms with Crippen molar-refractivity contribution in [2.45, 2.75) is 6.92 Å². The number of halogens is 2. The van der Waals surface area contributed by atoms with Crippen LogP contribution in [0.25, 0.3) is 5.69 Å². The minimum Gasteiger partial charge on any atom is -0.321 e. The van der Waals surface area contributed by atoms with E-state index in [-0.39, 0.29) is 11.6 Å². The van der Waals surface area contributed by atoms with Gasteiger partial charge < -0.3 is 5.32 Å². The minimum atomic E-state index is -0.329. The second-order valence-electron chi connectivity index (χ2n) is 4.87. The first kappa shape index (κ1) is 15.5. The van der Waals surface area contributed by atoms with Gasteiger partial charge >= 0.3 is 0 Å². The third-order valence-electron chi connectivity index (χ3n) is 3.28. The Morgan fingerprint density at radius 3 is 2.17 bits per heavy atom. The molecule has 1 aromatic heterocycles. The van der Waals surface area contributed by atoms with E-state index in [1.807, 2.05) is 12.1 Å². The van der Waals surface area contributed by atoms with Crippen molar-refractivity contribution in [3.63, 3.8) is 0 Å². The number of carbonyl (C=O) groups is 1. The number of nitrogens with zero attached hydrogens (tertiary/aromatic N) is 3. The van der Waals surface area contributed by atoms with Crippen LogP contribution in [0.15, 0.2) is 48.5 Å². The molecule has 1 N–H and O–H groups in total. The van der Waals surface area contributed by atoms with Crippen LogP contribution in [-0.4, -0.2) is 20.9 Å². The molecule has 0 bridgehead atoms. The van der Waals surface area contributed by atoms with Crippen LogP contribution in [0, 0.1) is 6.92 Å². The highest BCUT2D eigenvalue weighted by Gasteiger charge is 2.17. The number of nitrogens with one attached hydrogen (secondary N) is 1. The summed E-state index contributed by atoms with van der Waals surface area (Å²) in [5.41, 5.74) is 2.32. The normalized spacial score (nSPS) is 10.6. The summed E-state index contributed by atoms with van der Waals surface area (Å²) in [6.07, 6.45) is 0. The van der Waals surface area contributed by atoms with Gasteiger partial charge in [-0.2, -0.15) is 0 Å². The Morgan fingerprint density at radius 2 is 1.57 bits per heavy atom. The lowest BCUT2D eigenvalue weighted by Crippen LogP contribution is -2.14. The summed E-state index contributed by atoms with van der Waals surface area (Å²) in [4.78, 5) is 12.3. The first-order valence-corrected chi connectivity index (χ1v) is 7.55. The van der Waals surface area contributed by atoms with E-state index in [0.29, 0.717) is 21.4 Å². The number of benzene rings is 2. The summed E-state index contributed by atoms with van der Waals surface area (Å²) in [6.45, 7) is 1.78. The molecule has 0 unspecified atom stereocenters. The van der Waals surface area contributed by atoms with Crippen molar-refractivity contribution >= 4 is 34.8 Å².